The zero-order valence-corrected chi connectivity index (χ0v) is 45.8. The van der Waals surface area contributed by atoms with Crippen molar-refractivity contribution in [1.82, 2.24) is 0 Å². The second-order valence-electron chi connectivity index (χ2n) is 20.4. The highest BCUT2D eigenvalue weighted by molar-refractivity contribution is 6.22. The van der Waals surface area contributed by atoms with Crippen LogP contribution in [0.5, 0.6) is 23.0 Å². The maximum absolute atomic E-state index is 14.8. The van der Waals surface area contributed by atoms with E-state index in [9.17, 15) is 38.4 Å². The topological polar surface area (TPSA) is 195 Å². The molecule has 9 rings (SSSR count). The van der Waals surface area contributed by atoms with Gasteiger partial charge in [-0.2, -0.15) is 0 Å². The van der Waals surface area contributed by atoms with Crippen molar-refractivity contribution >= 4 is 65.5 Å². The Morgan fingerprint density at radius 2 is 0.915 bits per heavy atom. The fourth-order valence-corrected chi connectivity index (χ4v) is 11.0. The number of hydrogen-bond donors (Lipinski definition) is 0. The summed E-state index contributed by atoms with van der Waals surface area (Å²) in [5, 5.41) is 0. The minimum atomic E-state index is -0.706. The summed E-state index contributed by atoms with van der Waals surface area (Å²) in [6, 6.07) is 38.1. The van der Waals surface area contributed by atoms with Crippen molar-refractivity contribution in [1.29, 1.82) is 0 Å². The van der Waals surface area contributed by atoms with Crippen LogP contribution < -0.4 is 23.8 Å². The lowest BCUT2D eigenvalue weighted by Gasteiger charge is -2.34. The maximum atomic E-state index is 14.8. The first-order valence-corrected chi connectivity index (χ1v) is 27.4. The van der Waals surface area contributed by atoms with Gasteiger partial charge in [-0.3, -0.25) is 14.5 Å². The molecule has 6 aromatic carbocycles. The molecule has 0 radical (unpaired) electrons. The van der Waals surface area contributed by atoms with Gasteiger partial charge in [0.2, 0.25) is 11.8 Å². The Morgan fingerprint density at radius 3 is 1.29 bits per heavy atom. The van der Waals surface area contributed by atoms with Gasteiger partial charge in [-0.25, -0.2) is 28.8 Å². The van der Waals surface area contributed by atoms with Crippen molar-refractivity contribution in [3.05, 3.63) is 209 Å². The minimum absolute atomic E-state index is 0.179. The highest BCUT2D eigenvalue weighted by atomic mass is 16.6. The second kappa shape index (κ2) is 26.2. The molecule has 0 spiro atoms. The Labute approximate surface area is 475 Å². The van der Waals surface area contributed by atoms with E-state index in [0.717, 1.165) is 24.8 Å². The van der Waals surface area contributed by atoms with Crippen molar-refractivity contribution in [3.63, 3.8) is 0 Å². The number of fused-ring (bicyclic) bond motifs is 2. The fraction of sp³-hybridized carbons (Fsp3) is 0.254. The molecule has 7 unspecified atom stereocenters. The Morgan fingerprint density at radius 1 is 0.512 bits per heavy atom. The lowest BCUT2D eigenvalue weighted by molar-refractivity contribution is -0.138. The van der Waals surface area contributed by atoms with Crippen molar-refractivity contribution in [3.8, 4) is 23.0 Å². The summed E-state index contributed by atoms with van der Waals surface area (Å²) in [6.07, 6.45) is 14.2. The second-order valence-corrected chi connectivity index (χ2v) is 20.4. The van der Waals surface area contributed by atoms with Gasteiger partial charge in [-0.15, -0.1) is 0 Å². The number of ether oxygens (including phenoxy) is 6. The molecule has 1 aliphatic heterocycles. The predicted octanol–water partition coefficient (Wildman–Crippen LogP) is 12.3. The van der Waals surface area contributed by atoms with E-state index in [4.69, 9.17) is 28.4 Å². The third kappa shape index (κ3) is 13.7. The van der Waals surface area contributed by atoms with E-state index in [-0.39, 0.29) is 82.1 Å². The summed E-state index contributed by atoms with van der Waals surface area (Å²) in [7, 11) is 0. The number of anilines is 1. The molecule has 15 heteroatoms. The third-order valence-corrected chi connectivity index (χ3v) is 15.2. The predicted molar refractivity (Wildman–Crippen MR) is 305 cm³/mol. The smallest absolute Gasteiger partial charge is 0.343 e. The molecule has 418 valence electrons. The Balaban J connectivity index is 0.832. The first kappa shape index (κ1) is 57.2. The van der Waals surface area contributed by atoms with Gasteiger partial charge in [0.25, 0.3) is 0 Å². The maximum Gasteiger partial charge on any atom is 0.343 e. The monoisotopic (exact) mass is 1100 g/mol. The number of imide groups is 1. The molecule has 82 heavy (non-hydrogen) atoms. The summed E-state index contributed by atoms with van der Waals surface area (Å²) in [5.41, 5.74) is 3.53. The lowest BCUT2D eigenvalue weighted by Crippen LogP contribution is -2.33. The van der Waals surface area contributed by atoms with Crippen LogP contribution in [-0.4, -0.2) is 60.8 Å². The zero-order valence-electron chi connectivity index (χ0n) is 45.8. The van der Waals surface area contributed by atoms with Gasteiger partial charge in [0, 0.05) is 18.1 Å². The zero-order chi connectivity index (χ0) is 57.9. The van der Waals surface area contributed by atoms with Gasteiger partial charge in [-0.05, 0) is 201 Å². The molecular formula is C67H61NO14. The standard InChI is InChI=1S/C67H61NO14/c1-5-45(57-39-44-12-19-51(57)38-44)40-58(46-20-28-53(29-21-46)79-66(75)49-22-30-54(31-23-49)80-64(73)47-15-8-42(9-16-47)13-36-59(69)77-6-2)61-41(4)62(71)68(63(61)72)52-26-34-56(35-27-52)82-67(76)50-24-32-55(33-25-50)81-65(74)48-17-10-43(11-18-48)14-37-60(70)78-7-3/h8-37,41,44-45,51,57-58,61H,5-7,38-40H2,1-4H3/b36-13+,37-14+. The molecular weight excluding hydrogens is 1040 g/mol. The van der Waals surface area contributed by atoms with Gasteiger partial charge in [0.15, 0.2) is 0 Å². The first-order chi connectivity index (χ1) is 39.7. The minimum Gasteiger partial charge on any atom is -0.463 e. The molecule has 0 aromatic heterocycles. The van der Waals surface area contributed by atoms with E-state index < -0.39 is 47.7 Å². The number of carbonyl (C=O) groups is 8. The summed E-state index contributed by atoms with van der Waals surface area (Å²) >= 11 is 0. The van der Waals surface area contributed by atoms with Crippen molar-refractivity contribution in [2.24, 2.45) is 35.5 Å². The SMILES string of the molecule is CCOC(=O)/C=C/c1ccc(C(=O)Oc2ccc(C(=O)Oc3ccc(C(CC(CC)C4CC5C=CC4C5)C4C(=O)N(c5ccc(OC(=O)c6ccc(OC(=O)c7ccc(/C=C/C(=O)OCC)cc7)cc6)cc5)C(=O)C4C)cc3)cc2)cc1. The molecule has 1 saturated carbocycles. The molecule has 0 N–H and O–H groups in total. The Hall–Kier alpha value is -9.50. The van der Waals surface area contributed by atoms with Crippen LogP contribution in [0.25, 0.3) is 12.2 Å². The number of rotatable bonds is 21. The molecule has 2 bridgehead atoms. The Kier molecular flexibility index (Phi) is 18.3. The van der Waals surface area contributed by atoms with Crippen molar-refractivity contribution < 1.29 is 66.8 Å². The van der Waals surface area contributed by atoms with E-state index in [1.807, 2.05) is 12.1 Å². The van der Waals surface area contributed by atoms with Crippen LogP contribution in [-0.2, 0) is 28.7 Å². The van der Waals surface area contributed by atoms with Crippen LogP contribution >= 0.6 is 0 Å². The van der Waals surface area contributed by atoms with E-state index in [0.29, 0.717) is 41.0 Å². The third-order valence-electron chi connectivity index (χ3n) is 15.2. The number of esters is 6. The number of nitrogens with zero attached hydrogens (tertiary/aromatic N) is 1. The van der Waals surface area contributed by atoms with E-state index in [1.54, 1.807) is 106 Å². The van der Waals surface area contributed by atoms with E-state index in [2.05, 4.69) is 19.1 Å². The number of hydrogen-bond acceptors (Lipinski definition) is 14. The molecule has 6 aromatic rings. The quantitative estimate of drug-likeness (QED) is 0.0217. The Bertz CT molecular complexity index is 3420. The van der Waals surface area contributed by atoms with Gasteiger partial charge in [-0.1, -0.05) is 68.8 Å². The average molecular weight is 1100 g/mol. The van der Waals surface area contributed by atoms with Crippen LogP contribution in [0, 0.1) is 35.5 Å². The van der Waals surface area contributed by atoms with E-state index in [1.165, 1.54) is 77.7 Å². The highest BCUT2D eigenvalue weighted by Gasteiger charge is 2.51. The summed E-state index contributed by atoms with van der Waals surface area (Å²) < 4.78 is 32.3. The molecule has 3 aliphatic rings. The summed E-state index contributed by atoms with van der Waals surface area (Å²) in [4.78, 5) is 106. The normalized spacial score (nSPS) is 18.8. The molecule has 2 aliphatic carbocycles. The molecule has 2 amide bonds. The van der Waals surface area contributed by atoms with Gasteiger partial charge >= 0.3 is 35.8 Å². The molecule has 15 nitrogen and oxygen atoms in total. The fourth-order valence-electron chi connectivity index (χ4n) is 11.0. The number of allylic oxidation sites excluding steroid dienone is 2. The van der Waals surface area contributed by atoms with Gasteiger partial charge in [0.1, 0.15) is 23.0 Å². The van der Waals surface area contributed by atoms with Crippen LogP contribution in [0.4, 0.5) is 5.69 Å². The summed E-state index contributed by atoms with van der Waals surface area (Å²) in [6.45, 7) is 7.94. The van der Waals surface area contributed by atoms with E-state index >= 15 is 0 Å². The molecule has 1 heterocycles. The molecule has 7 atom stereocenters. The summed E-state index contributed by atoms with van der Waals surface area (Å²) in [5.74, 6) is -3.27. The van der Waals surface area contributed by atoms with Gasteiger partial charge in [0.05, 0.1) is 47.1 Å². The van der Waals surface area contributed by atoms with Crippen LogP contribution in [0.2, 0.25) is 0 Å². The van der Waals surface area contributed by atoms with Crippen LogP contribution in [0.15, 0.2) is 170 Å². The average Bonchev–Trinajstić information content (AvgIpc) is 3.96. The molecule has 2 fully saturated rings. The van der Waals surface area contributed by atoms with Crippen LogP contribution in [0.3, 0.4) is 0 Å². The van der Waals surface area contributed by atoms with Gasteiger partial charge < -0.3 is 28.4 Å². The van der Waals surface area contributed by atoms with Crippen LogP contribution in [0.1, 0.15) is 117 Å². The largest absolute Gasteiger partial charge is 0.463 e. The highest BCUT2D eigenvalue weighted by Crippen LogP contribution is 2.52. The first-order valence-electron chi connectivity index (χ1n) is 27.4. The molecule has 1 saturated heterocycles. The van der Waals surface area contributed by atoms with Crippen molar-refractivity contribution in [2.45, 2.75) is 59.3 Å². The number of benzene rings is 6. The number of amides is 2. The number of carbonyl (C=O) groups excluding carboxylic acids is 8. The van der Waals surface area contributed by atoms with Crippen molar-refractivity contribution in [2.75, 3.05) is 18.1 Å². The lowest BCUT2D eigenvalue weighted by atomic mass is 9.70.